The van der Waals surface area contributed by atoms with Crippen molar-refractivity contribution in [2.75, 3.05) is 18.9 Å². The van der Waals surface area contributed by atoms with Gasteiger partial charge in [-0.05, 0) is 37.5 Å². The highest BCUT2D eigenvalue weighted by molar-refractivity contribution is 6.10. The van der Waals surface area contributed by atoms with Crippen molar-refractivity contribution in [2.45, 2.75) is 25.9 Å². The van der Waals surface area contributed by atoms with E-state index in [0.29, 0.717) is 28.7 Å². The summed E-state index contributed by atoms with van der Waals surface area (Å²) in [6, 6.07) is 15.5. The first kappa shape index (κ1) is 20.1. The zero-order valence-electron chi connectivity index (χ0n) is 17.8. The molecule has 2 aromatic carbocycles. The maximum atomic E-state index is 13.1. The Labute approximate surface area is 185 Å². The second kappa shape index (κ2) is 8.39. The number of nitrogen functional groups attached to an aromatic ring is 1. The number of benzene rings is 2. The third-order valence-electron chi connectivity index (χ3n) is 5.58. The number of aromatic nitrogens is 3. The molecule has 4 aromatic rings. The molecule has 1 atom stereocenters. The van der Waals surface area contributed by atoms with Gasteiger partial charge in [-0.2, -0.15) is 9.78 Å². The molecule has 0 radical (unpaired) electrons. The summed E-state index contributed by atoms with van der Waals surface area (Å²) in [6.45, 7) is 3.18. The molecule has 8 nitrogen and oxygen atoms in total. The van der Waals surface area contributed by atoms with Gasteiger partial charge in [-0.1, -0.05) is 42.0 Å². The minimum atomic E-state index is -0.308. The second-order valence-corrected chi connectivity index (χ2v) is 7.96. The van der Waals surface area contributed by atoms with E-state index < -0.39 is 0 Å². The highest BCUT2D eigenvalue weighted by Gasteiger charge is 2.25. The zero-order valence-corrected chi connectivity index (χ0v) is 17.8. The normalized spacial score (nSPS) is 16.3. The number of nitrogens with two attached hydrogens (primary N) is 1. The number of ether oxygens (including phenoxy) is 1. The molecule has 8 heteroatoms. The number of fused-ring (bicyclic) bond motifs is 2. The van der Waals surface area contributed by atoms with Gasteiger partial charge >= 0.3 is 0 Å². The molecule has 3 N–H and O–H groups in total. The van der Waals surface area contributed by atoms with Crippen LogP contribution in [0.3, 0.4) is 0 Å². The van der Waals surface area contributed by atoms with Crippen LogP contribution in [0.5, 0.6) is 0 Å². The van der Waals surface area contributed by atoms with Crippen LogP contribution >= 0.6 is 0 Å². The zero-order chi connectivity index (χ0) is 22.1. The van der Waals surface area contributed by atoms with Crippen molar-refractivity contribution in [3.8, 4) is 0 Å². The minimum Gasteiger partial charge on any atom is -0.383 e. The van der Waals surface area contributed by atoms with E-state index in [-0.39, 0.29) is 23.4 Å². The number of para-hydroxylation sites is 2. The van der Waals surface area contributed by atoms with Gasteiger partial charge in [0.1, 0.15) is 16.9 Å². The van der Waals surface area contributed by atoms with Crippen molar-refractivity contribution in [2.24, 2.45) is 5.10 Å². The third kappa shape index (κ3) is 3.80. The lowest BCUT2D eigenvalue weighted by atomic mass is 10.2. The molecule has 162 valence electrons. The number of nitrogens with one attached hydrogen (secondary N) is 1. The van der Waals surface area contributed by atoms with E-state index in [1.807, 2.05) is 55.5 Å². The Hall–Kier alpha value is -3.78. The van der Waals surface area contributed by atoms with Crippen LogP contribution < -0.4 is 11.1 Å². The number of rotatable bonds is 5. The molecular formula is C24H24N6O2. The monoisotopic (exact) mass is 428 g/mol. The van der Waals surface area contributed by atoms with Crippen molar-refractivity contribution in [1.82, 2.24) is 20.0 Å². The first-order valence-corrected chi connectivity index (χ1v) is 10.7. The summed E-state index contributed by atoms with van der Waals surface area (Å²) in [5.41, 5.74) is 11.0. The number of amides is 1. The molecule has 32 heavy (non-hydrogen) atoms. The Bertz CT molecular complexity index is 1340. The van der Waals surface area contributed by atoms with E-state index in [4.69, 9.17) is 20.4 Å². The van der Waals surface area contributed by atoms with E-state index in [1.54, 1.807) is 6.21 Å². The number of carbonyl (C=O) groups is 1. The summed E-state index contributed by atoms with van der Waals surface area (Å²) in [4.78, 5) is 22.5. The van der Waals surface area contributed by atoms with Gasteiger partial charge in [0.2, 0.25) is 0 Å². The highest BCUT2D eigenvalue weighted by Crippen LogP contribution is 2.28. The van der Waals surface area contributed by atoms with Crippen LogP contribution in [0.25, 0.3) is 22.2 Å². The van der Waals surface area contributed by atoms with Gasteiger partial charge in [0.05, 0.1) is 23.4 Å². The second-order valence-electron chi connectivity index (χ2n) is 7.96. The maximum Gasteiger partial charge on any atom is 0.257 e. The number of aryl methyl sites for hydroxylation is 1. The van der Waals surface area contributed by atoms with Crippen molar-refractivity contribution in [1.29, 1.82) is 0 Å². The Morgan fingerprint density at radius 3 is 2.81 bits per heavy atom. The summed E-state index contributed by atoms with van der Waals surface area (Å²) < 4.78 is 7.10. The Kier molecular flexibility index (Phi) is 5.28. The summed E-state index contributed by atoms with van der Waals surface area (Å²) in [5, 5.41) is 7.49. The van der Waals surface area contributed by atoms with Crippen LogP contribution in [0.2, 0.25) is 0 Å². The molecule has 3 heterocycles. The van der Waals surface area contributed by atoms with Crippen molar-refractivity contribution >= 4 is 40.1 Å². The quantitative estimate of drug-likeness (QED) is 0.475. The van der Waals surface area contributed by atoms with Gasteiger partial charge in [-0.15, -0.1) is 0 Å². The van der Waals surface area contributed by atoms with Crippen LogP contribution in [-0.4, -0.2) is 46.0 Å². The number of hydrogen-bond acceptors (Lipinski definition) is 6. The average Bonchev–Trinajstić information content (AvgIpc) is 3.40. The highest BCUT2D eigenvalue weighted by atomic mass is 16.5. The van der Waals surface area contributed by atoms with Crippen molar-refractivity contribution in [3.05, 3.63) is 65.2 Å². The topological polar surface area (TPSA) is 107 Å². The SMILES string of the molecule is Cc1cccc(/C=N/n2c(N)c(C(=O)NCC3CCCO3)c3nc4ccccc4nc32)c1. The van der Waals surface area contributed by atoms with Crippen molar-refractivity contribution in [3.63, 3.8) is 0 Å². The van der Waals surface area contributed by atoms with Crippen LogP contribution in [0, 0.1) is 6.92 Å². The fraction of sp³-hybridized carbons (Fsp3) is 0.250. The van der Waals surface area contributed by atoms with Crippen molar-refractivity contribution < 1.29 is 9.53 Å². The molecule has 0 bridgehead atoms. The van der Waals surface area contributed by atoms with Gasteiger partial charge in [-0.3, -0.25) is 4.79 Å². The molecule has 1 aliphatic heterocycles. The summed E-state index contributed by atoms with van der Waals surface area (Å²) in [7, 11) is 0. The van der Waals surface area contributed by atoms with E-state index in [1.165, 1.54) is 4.68 Å². The standard InChI is InChI=1S/C24H24N6O2/c1-15-6-4-7-16(12-15)13-27-30-22(25)20(24(31)26-14-17-8-5-11-32-17)21-23(30)29-19-10-3-2-9-18(19)28-21/h2-4,6-7,9-10,12-13,17H,5,8,11,14,25H2,1H3,(H,26,31)/b27-13+. The van der Waals surface area contributed by atoms with Gasteiger partial charge in [-0.25, -0.2) is 9.97 Å². The lowest BCUT2D eigenvalue weighted by Gasteiger charge is -2.10. The number of nitrogens with zero attached hydrogens (tertiary/aromatic N) is 4. The summed E-state index contributed by atoms with van der Waals surface area (Å²) in [6.07, 6.45) is 3.67. The largest absolute Gasteiger partial charge is 0.383 e. The van der Waals surface area contributed by atoms with Crippen LogP contribution in [-0.2, 0) is 4.74 Å². The predicted octanol–water partition coefficient (Wildman–Crippen LogP) is 3.27. The molecule has 1 unspecified atom stereocenters. The molecule has 1 saturated heterocycles. The fourth-order valence-electron chi connectivity index (χ4n) is 3.96. The van der Waals surface area contributed by atoms with Gasteiger partial charge in [0.15, 0.2) is 5.65 Å². The first-order chi connectivity index (χ1) is 15.6. The molecule has 0 aliphatic carbocycles. The van der Waals surface area contributed by atoms with Crippen LogP contribution in [0.15, 0.2) is 53.6 Å². The van der Waals surface area contributed by atoms with E-state index in [9.17, 15) is 4.79 Å². The van der Waals surface area contributed by atoms with E-state index in [2.05, 4.69) is 10.4 Å². The summed E-state index contributed by atoms with van der Waals surface area (Å²) in [5.74, 6) is -0.110. The molecular weight excluding hydrogens is 404 g/mol. The molecule has 0 saturated carbocycles. The Balaban J connectivity index is 1.59. The Morgan fingerprint density at radius 2 is 2.06 bits per heavy atom. The fourth-order valence-corrected chi connectivity index (χ4v) is 3.96. The summed E-state index contributed by atoms with van der Waals surface area (Å²) >= 11 is 0. The van der Waals surface area contributed by atoms with Gasteiger partial charge in [0.25, 0.3) is 5.91 Å². The molecule has 1 fully saturated rings. The molecule has 0 spiro atoms. The third-order valence-corrected chi connectivity index (χ3v) is 5.58. The van der Waals surface area contributed by atoms with Gasteiger partial charge in [0, 0.05) is 13.2 Å². The molecule has 1 aliphatic rings. The van der Waals surface area contributed by atoms with Crippen LogP contribution in [0.1, 0.15) is 34.3 Å². The molecule has 5 rings (SSSR count). The van der Waals surface area contributed by atoms with E-state index >= 15 is 0 Å². The van der Waals surface area contributed by atoms with E-state index in [0.717, 1.165) is 30.6 Å². The lowest BCUT2D eigenvalue weighted by molar-refractivity contribution is 0.0859. The lowest BCUT2D eigenvalue weighted by Crippen LogP contribution is -2.32. The number of hydrogen-bond donors (Lipinski definition) is 2. The molecule has 1 amide bonds. The predicted molar refractivity (Wildman–Crippen MR) is 125 cm³/mol. The average molecular weight is 428 g/mol. The number of anilines is 1. The smallest absolute Gasteiger partial charge is 0.257 e. The number of carbonyl (C=O) groups excluding carboxylic acids is 1. The minimum absolute atomic E-state index is 0.0276. The van der Waals surface area contributed by atoms with Crippen LogP contribution in [0.4, 0.5) is 5.82 Å². The Morgan fingerprint density at radius 1 is 1.25 bits per heavy atom. The van der Waals surface area contributed by atoms with Gasteiger partial charge < -0.3 is 15.8 Å². The maximum absolute atomic E-state index is 13.1. The first-order valence-electron chi connectivity index (χ1n) is 10.7. The molecule has 2 aromatic heterocycles.